The Kier molecular flexibility index (Phi) is 7.25. The van der Waals surface area contributed by atoms with Crippen molar-refractivity contribution in [3.8, 4) is 0 Å². The third-order valence-electron chi connectivity index (χ3n) is 4.18. The molecular formula is C16H33NO. The molecule has 1 unspecified atom stereocenters. The van der Waals surface area contributed by atoms with Crippen LogP contribution in [0.3, 0.4) is 0 Å². The van der Waals surface area contributed by atoms with E-state index in [9.17, 15) is 5.11 Å². The first-order chi connectivity index (χ1) is 8.47. The normalized spacial score (nSPS) is 19.3. The Morgan fingerprint density at radius 3 is 2.50 bits per heavy atom. The molecule has 1 aliphatic rings. The van der Waals surface area contributed by atoms with Crippen LogP contribution in [-0.4, -0.2) is 23.3 Å². The fraction of sp³-hybridized carbons (Fsp3) is 1.00. The molecule has 0 radical (unpaired) electrons. The predicted molar refractivity (Wildman–Crippen MR) is 78.8 cm³/mol. The molecule has 1 atom stereocenters. The highest BCUT2D eigenvalue weighted by Gasteiger charge is 2.14. The van der Waals surface area contributed by atoms with Gasteiger partial charge in [0.05, 0.1) is 5.60 Å². The van der Waals surface area contributed by atoms with Gasteiger partial charge in [0.1, 0.15) is 0 Å². The van der Waals surface area contributed by atoms with Crippen molar-refractivity contribution < 1.29 is 5.11 Å². The van der Waals surface area contributed by atoms with E-state index in [-0.39, 0.29) is 0 Å². The van der Waals surface area contributed by atoms with Crippen LogP contribution < -0.4 is 5.32 Å². The van der Waals surface area contributed by atoms with Crippen LogP contribution in [0, 0.1) is 5.92 Å². The van der Waals surface area contributed by atoms with Gasteiger partial charge in [-0.2, -0.15) is 0 Å². The maximum absolute atomic E-state index is 9.65. The van der Waals surface area contributed by atoms with E-state index in [1.54, 1.807) is 0 Å². The lowest BCUT2D eigenvalue weighted by atomic mass is 9.99. The molecule has 1 rings (SSSR count). The van der Waals surface area contributed by atoms with Gasteiger partial charge in [-0.1, -0.05) is 25.7 Å². The van der Waals surface area contributed by atoms with E-state index >= 15 is 0 Å². The van der Waals surface area contributed by atoms with E-state index in [0.29, 0.717) is 6.04 Å². The zero-order valence-corrected chi connectivity index (χ0v) is 12.7. The highest BCUT2D eigenvalue weighted by Crippen LogP contribution is 2.28. The van der Waals surface area contributed by atoms with Crippen LogP contribution >= 0.6 is 0 Å². The van der Waals surface area contributed by atoms with Crippen molar-refractivity contribution in [2.24, 2.45) is 5.92 Å². The maximum Gasteiger partial charge on any atom is 0.0591 e. The van der Waals surface area contributed by atoms with Gasteiger partial charge in [-0.05, 0) is 65.3 Å². The highest BCUT2D eigenvalue weighted by molar-refractivity contribution is 4.70. The Labute approximate surface area is 114 Å². The summed E-state index contributed by atoms with van der Waals surface area (Å²) in [7, 11) is 0. The summed E-state index contributed by atoms with van der Waals surface area (Å²) in [6.45, 7) is 7.22. The van der Waals surface area contributed by atoms with Crippen molar-refractivity contribution in [3.05, 3.63) is 0 Å². The Morgan fingerprint density at radius 2 is 1.89 bits per heavy atom. The second-order valence-electron chi connectivity index (χ2n) is 6.85. The van der Waals surface area contributed by atoms with Gasteiger partial charge in [0, 0.05) is 6.04 Å². The van der Waals surface area contributed by atoms with Gasteiger partial charge in [-0.3, -0.25) is 0 Å². The third kappa shape index (κ3) is 8.10. The Morgan fingerprint density at radius 1 is 1.22 bits per heavy atom. The van der Waals surface area contributed by atoms with Crippen molar-refractivity contribution >= 4 is 0 Å². The van der Waals surface area contributed by atoms with E-state index in [1.807, 2.05) is 13.8 Å². The van der Waals surface area contributed by atoms with Crippen molar-refractivity contribution in [2.75, 3.05) is 6.54 Å². The number of rotatable bonds is 9. The smallest absolute Gasteiger partial charge is 0.0591 e. The fourth-order valence-corrected chi connectivity index (χ4v) is 2.98. The van der Waals surface area contributed by atoms with Crippen LogP contribution in [-0.2, 0) is 0 Å². The molecule has 0 saturated heterocycles. The molecule has 0 aliphatic heterocycles. The minimum atomic E-state index is -0.498. The molecule has 1 saturated carbocycles. The molecular weight excluding hydrogens is 222 g/mol. The lowest BCUT2D eigenvalue weighted by Gasteiger charge is -2.19. The SMILES string of the molecule is CC(CCCC(C)(C)O)NCCCC1CCCC1. The zero-order chi connectivity index (χ0) is 13.4. The van der Waals surface area contributed by atoms with Gasteiger partial charge in [0.25, 0.3) is 0 Å². The number of aliphatic hydroxyl groups is 1. The molecule has 0 bridgehead atoms. The van der Waals surface area contributed by atoms with Crippen LogP contribution in [0.15, 0.2) is 0 Å². The molecule has 1 aliphatic carbocycles. The molecule has 0 aromatic rings. The highest BCUT2D eigenvalue weighted by atomic mass is 16.3. The van der Waals surface area contributed by atoms with Crippen LogP contribution in [0.2, 0.25) is 0 Å². The minimum Gasteiger partial charge on any atom is -0.390 e. The summed E-state index contributed by atoms with van der Waals surface area (Å²) in [6, 6.07) is 0.593. The summed E-state index contributed by atoms with van der Waals surface area (Å²) in [6.07, 6.45) is 11.8. The number of nitrogens with one attached hydrogen (secondary N) is 1. The first-order valence-corrected chi connectivity index (χ1v) is 7.93. The summed E-state index contributed by atoms with van der Waals surface area (Å²) >= 11 is 0. The summed E-state index contributed by atoms with van der Waals surface area (Å²) in [5.41, 5.74) is -0.498. The van der Waals surface area contributed by atoms with Gasteiger partial charge in [0.15, 0.2) is 0 Å². The molecule has 0 heterocycles. The average Bonchev–Trinajstić information content (AvgIpc) is 2.75. The van der Waals surface area contributed by atoms with Crippen LogP contribution in [0.1, 0.15) is 78.6 Å². The van der Waals surface area contributed by atoms with E-state index in [4.69, 9.17) is 0 Å². The molecule has 2 N–H and O–H groups in total. The first-order valence-electron chi connectivity index (χ1n) is 7.93. The first kappa shape index (κ1) is 16.0. The minimum absolute atomic E-state index is 0.498. The quantitative estimate of drug-likeness (QED) is 0.613. The van der Waals surface area contributed by atoms with E-state index in [2.05, 4.69) is 12.2 Å². The largest absolute Gasteiger partial charge is 0.390 e. The second kappa shape index (κ2) is 8.16. The Bertz CT molecular complexity index is 204. The van der Waals surface area contributed by atoms with Gasteiger partial charge in [-0.25, -0.2) is 0 Å². The van der Waals surface area contributed by atoms with Crippen molar-refractivity contribution in [3.63, 3.8) is 0 Å². The lowest BCUT2D eigenvalue weighted by Crippen LogP contribution is -2.28. The maximum atomic E-state index is 9.65. The topological polar surface area (TPSA) is 32.3 Å². The molecule has 1 fully saturated rings. The van der Waals surface area contributed by atoms with Crippen molar-refractivity contribution in [1.29, 1.82) is 0 Å². The van der Waals surface area contributed by atoms with Gasteiger partial charge in [0.2, 0.25) is 0 Å². The van der Waals surface area contributed by atoms with Crippen molar-refractivity contribution in [1.82, 2.24) is 5.32 Å². The Balaban J connectivity index is 1.91. The summed E-state index contributed by atoms with van der Waals surface area (Å²) in [5, 5.41) is 13.3. The van der Waals surface area contributed by atoms with E-state index in [0.717, 1.165) is 18.8 Å². The summed E-state index contributed by atoms with van der Waals surface area (Å²) in [4.78, 5) is 0. The molecule has 0 amide bonds. The fourth-order valence-electron chi connectivity index (χ4n) is 2.98. The molecule has 0 spiro atoms. The van der Waals surface area contributed by atoms with Gasteiger partial charge >= 0.3 is 0 Å². The van der Waals surface area contributed by atoms with Crippen LogP contribution in [0.4, 0.5) is 0 Å². The van der Waals surface area contributed by atoms with Gasteiger partial charge < -0.3 is 10.4 Å². The summed E-state index contributed by atoms with van der Waals surface area (Å²) < 4.78 is 0. The van der Waals surface area contributed by atoms with Crippen LogP contribution in [0.25, 0.3) is 0 Å². The van der Waals surface area contributed by atoms with Crippen LogP contribution in [0.5, 0.6) is 0 Å². The van der Waals surface area contributed by atoms with E-state index in [1.165, 1.54) is 51.5 Å². The zero-order valence-electron chi connectivity index (χ0n) is 12.7. The molecule has 2 nitrogen and oxygen atoms in total. The summed E-state index contributed by atoms with van der Waals surface area (Å²) in [5.74, 6) is 1.03. The molecule has 108 valence electrons. The predicted octanol–water partition coefficient (Wildman–Crippen LogP) is 3.88. The molecule has 0 aromatic heterocycles. The number of hydrogen-bond donors (Lipinski definition) is 2. The standard InChI is InChI=1S/C16H33NO/c1-14(8-6-12-16(2,3)18)17-13-7-11-15-9-4-5-10-15/h14-15,17-18H,4-13H2,1-3H3. The monoisotopic (exact) mass is 255 g/mol. The second-order valence-corrected chi connectivity index (χ2v) is 6.85. The van der Waals surface area contributed by atoms with Crippen molar-refractivity contribution in [2.45, 2.75) is 90.2 Å². The lowest BCUT2D eigenvalue weighted by molar-refractivity contribution is 0.0675. The molecule has 18 heavy (non-hydrogen) atoms. The van der Waals surface area contributed by atoms with Gasteiger partial charge in [-0.15, -0.1) is 0 Å². The molecule has 0 aromatic carbocycles. The Hall–Kier alpha value is -0.0800. The molecule has 2 heteroatoms. The average molecular weight is 255 g/mol. The van der Waals surface area contributed by atoms with E-state index < -0.39 is 5.60 Å². The number of hydrogen-bond acceptors (Lipinski definition) is 2. The third-order valence-corrected chi connectivity index (χ3v) is 4.18.